The Kier molecular flexibility index (Phi) is 4.76. The van der Waals surface area contributed by atoms with Crippen molar-refractivity contribution in [3.05, 3.63) is 35.4 Å². The van der Waals surface area contributed by atoms with Crippen molar-refractivity contribution in [2.24, 2.45) is 10.9 Å². The summed E-state index contributed by atoms with van der Waals surface area (Å²) in [6.07, 6.45) is 0. The number of hydrogen-bond acceptors (Lipinski definition) is 4. The summed E-state index contributed by atoms with van der Waals surface area (Å²) in [6.45, 7) is -0.0330. The van der Waals surface area contributed by atoms with Crippen LogP contribution in [0, 0.1) is 0 Å². The summed E-state index contributed by atoms with van der Waals surface area (Å²) in [6, 6.07) is 6.36. The SMILES string of the molecule is NC(=S)c1ccc(C(=O)NCCS(N)(=O)=O)cc1. The van der Waals surface area contributed by atoms with Gasteiger partial charge < -0.3 is 11.1 Å². The molecular formula is C10H13N3O3S2. The normalized spacial score (nSPS) is 10.9. The number of rotatable bonds is 5. The third kappa shape index (κ3) is 4.78. The molecular weight excluding hydrogens is 274 g/mol. The molecule has 1 aromatic carbocycles. The Morgan fingerprint density at radius 1 is 1.22 bits per heavy atom. The number of nitrogens with one attached hydrogen (secondary N) is 1. The predicted molar refractivity (Wildman–Crippen MR) is 72.6 cm³/mol. The molecule has 0 heterocycles. The Morgan fingerprint density at radius 2 is 1.72 bits per heavy atom. The minimum atomic E-state index is -3.57. The lowest BCUT2D eigenvalue weighted by Crippen LogP contribution is -2.31. The third-order valence-electron chi connectivity index (χ3n) is 2.10. The highest BCUT2D eigenvalue weighted by Gasteiger charge is 2.07. The van der Waals surface area contributed by atoms with Gasteiger partial charge >= 0.3 is 0 Å². The highest BCUT2D eigenvalue weighted by molar-refractivity contribution is 7.89. The van der Waals surface area contributed by atoms with Gasteiger partial charge in [0, 0.05) is 17.7 Å². The Hall–Kier alpha value is -1.51. The van der Waals surface area contributed by atoms with E-state index in [1.807, 2.05) is 0 Å². The maximum absolute atomic E-state index is 11.6. The Balaban J connectivity index is 2.59. The molecule has 0 saturated heterocycles. The lowest BCUT2D eigenvalue weighted by atomic mass is 10.1. The van der Waals surface area contributed by atoms with Gasteiger partial charge in [0.15, 0.2) is 0 Å². The Morgan fingerprint density at radius 3 is 2.17 bits per heavy atom. The van der Waals surface area contributed by atoms with Crippen LogP contribution in [0.5, 0.6) is 0 Å². The zero-order valence-corrected chi connectivity index (χ0v) is 11.1. The topological polar surface area (TPSA) is 115 Å². The van der Waals surface area contributed by atoms with Crippen LogP contribution in [0.2, 0.25) is 0 Å². The van der Waals surface area contributed by atoms with E-state index in [0.717, 1.165) is 0 Å². The van der Waals surface area contributed by atoms with E-state index in [4.69, 9.17) is 23.1 Å². The van der Waals surface area contributed by atoms with Crippen molar-refractivity contribution in [3.8, 4) is 0 Å². The smallest absolute Gasteiger partial charge is 0.251 e. The summed E-state index contributed by atoms with van der Waals surface area (Å²) in [7, 11) is -3.57. The first-order valence-electron chi connectivity index (χ1n) is 4.98. The average molecular weight is 287 g/mol. The van der Waals surface area contributed by atoms with E-state index >= 15 is 0 Å². The van der Waals surface area contributed by atoms with Crippen LogP contribution >= 0.6 is 12.2 Å². The molecule has 1 rings (SSSR count). The van der Waals surface area contributed by atoms with Crippen molar-refractivity contribution in [2.75, 3.05) is 12.3 Å². The van der Waals surface area contributed by atoms with Crippen molar-refractivity contribution < 1.29 is 13.2 Å². The molecule has 0 spiro atoms. The quantitative estimate of drug-likeness (QED) is 0.622. The van der Waals surface area contributed by atoms with Gasteiger partial charge in [-0.25, -0.2) is 13.6 Å². The van der Waals surface area contributed by atoms with Gasteiger partial charge in [-0.3, -0.25) is 4.79 Å². The van der Waals surface area contributed by atoms with Gasteiger partial charge in [-0.15, -0.1) is 0 Å². The summed E-state index contributed by atoms with van der Waals surface area (Å²) in [4.78, 5) is 11.8. The number of carbonyl (C=O) groups is 1. The summed E-state index contributed by atoms with van der Waals surface area (Å²) in [5, 5.41) is 7.25. The van der Waals surface area contributed by atoms with E-state index in [-0.39, 0.29) is 23.2 Å². The van der Waals surface area contributed by atoms with Gasteiger partial charge in [0.2, 0.25) is 10.0 Å². The maximum atomic E-state index is 11.6. The van der Waals surface area contributed by atoms with E-state index in [1.54, 1.807) is 24.3 Å². The van der Waals surface area contributed by atoms with Crippen LogP contribution in [0.15, 0.2) is 24.3 Å². The van der Waals surface area contributed by atoms with Gasteiger partial charge in [0.05, 0.1) is 5.75 Å². The number of carbonyl (C=O) groups excluding carboxylic acids is 1. The zero-order valence-electron chi connectivity index (χ0n) is 9.42. The first-order chi connectivity index (χ1) is 8.29. The molecule has 0 aromatic heterocycles. The summed E-state index contributed by atoms with van der Waals surface area (Å²) >= 11 is 4.78. The van der Waals surface area contributed by atoms with E-state index < -0.39 is 10.0 Å². The molecule has 1 aromatic rings. The number of nitrogens with two attached hydrogens (primary N) is 2. The second kappa shape index (κ2) is 5.89. The first kappa shape index (κ1) is 14.6. The summed E-state index contributed by atoms with van der Waals surface area (Å²) < 4.78 is 21.3. The van der Waals surface area contributed by atoms with Crippen molar-refractivity contribution in [3.63, 3.8) is 0 Å². The van der Waals surface area contributed by atoms with Crippen LogP contribution in [-0.4, -0.2) is 31.6 Å². The molecule has 6 nitrogen and oxygen atoms in total. The lowest BCUT2D eigenvalue weighted by Gasteiger charge is -2.05. The molecule has 0 atom stereocenters. The molecule has 8 heteroatoms. The van der Waals surface area contributed by atoms with Crippen LogP contribution in [0.25, 0.3) is 0 Å². The molecule has 0 aliphatic rings. The summed E-state index contributed by atoms with van der Waals surface area (Å²) in [5.41, 5.74) is 6.47. The minimum absolute atomic E-state index is 0.0330. The molecule has 0 unspecified atom stereocenters. The molecule has 1 amide bonds. The number of sulfonamides is 1. The van der Waals surface area contributed by atoms with Gasteiger partial charge in [0.1, 0.15) is 4.99 Å². The fourth-order valence-electron chi connectivity index (χ4n) is 1.19. The number of primary sulfonamides is 1. The molecule has 0 aliphatic heterocycles. The predicted octanol–water partition coefficient (Wildman–Crippen LogP) is -0.661. The standard InChI is InChI=1S/C10H13N3O3S2/c11-9(17)7-1-3-8(4-2-7)10(14)13-5-6-18(12,15)16/h1-4H,5-6H2,(H2,11,17)(H,13,14)(H2,12,15,16). The van der Waals surface area contributed by atoms with Crippen LogP contribution in [0.4, 0.5) is 0 Å². The third-order valence-corrected chi connectivity index (χ3v) is 3.11. The first-order valence-corrected chi connectivity index (χ1v) is 7.10. The van der Waals surface area contributed by atoms with Crippen molar-refractivity contribution in [1.82, 2.24) is 5.32 Å². The van der Waals surface area contributed by atoms with Crippen LogP contribution in [-0.2, 0) is 10.0 Å². The molecule has 18 heavy (non-hydrogen) atoms. The van der Waals surface area contributed by atoms with E-state index in [1.165, 1.54) is 0 Å². The number of thiocarbonyl (C=S) groups is 1. The number of benzene rings is 1. The highest BCUT2D eigenvalue weighted by atomic mass is 32.2. The van der Waals surface area contributed by atoms with Crippen LogP contribution < -0.4 is 16.2 Å². The zero-order chi connectivity index (χ0) is 13.8. The molecule has 0 aliphatic carbocycles. The fraction of sp³-hybridized carbons (Fsp3) is 0.200. The van der Waals surface area contributed by atoms with E-state index in [9.17, 15) is 13.2 Å². The minimum Gasteiger partial charge on any atom is -0.389 e. The Labute approximate surface area is 110 Å². The summed E-state index contributed by atoms with van der Waals surface area (Å²) in [5.74, 6) is -0.683. The molecule has 0 saturated carbocycles. The molecule has 0 radical (unpaired) electrons. The highest BCUT2D eigenvalue weighted by Crippen LogP contribution is 2.04. The maximum Gasteiger partial charge on any atom is 0.251 e. The van der Waals surface area contributed by atoms with Crippen molar-refractivity contribution in [1.29, 1.82) is 0 Å². The van der Waals surface area contributed by atoms with Crippen LogP contribution in [0.3, 0.4) is 0 Å². The Bertz CT molecular complexity index is 552. The fourth-order valence-corrected chi connectivity index (χ4v) is 1.72. The van der Waals surface area contributed by atoms with Crippen molar-refractivity contribution >= 4 is 33.1 Å². The largest absolute Gasteiger partial charge is 0.389 e. The molecule has 0 fully saturated rings. The van der Waals surface area contributed by atoms with Crippen LogP contribution in [0.1, 0.15) is 15.9 Å². The lowest BCUT2D eigenvalue weighted by molar-refractivity contribution is 0.0956. The average Bonchev–Trinajstić information content (AvgIpc) is 2.27. The monoisotopic (exact) mass is 287 g/mol. The van der Waals surface area contributed by atoms with Gasteiger partial charge in [-0.05, 0) is 12.1 Å². The van der Waals surface area contributed by atoms with Gasteiger partial charge in [-0.2, -0.15) is 0 Å². The van der Waals surface area contributed by atoms with Gasteiger partial charge in [-0.1, -0.05) is 24.4 Å². The second-order valence-corrected chi connectivity index (χ2v) is 5.74. The van der Waals surface area contributed by atoms with Crippen molar-refractivity contribution in [2.45, 2.75) is 0 Å². The second-order valence-electron chi connectivity index (χ2n) is 3.56. The van der Waals surface area contributed by atoms with Gasteiger partial charge in [0.25, 0.3) is 5.91 Å². The van der Waals surface area contributed by atoms with E-state index in [2.05, 4.69) is 5.32 Å². The molecule has 98 valence electrons. The molecule has 0 bridgehead atoms. The number of amides is 1. The number of hydrogen-bond donors (Lipinski definition) is 3. The molecule has 5 N–H and O–H groups in total. The van der Waals surface area contributed by atoms with E-state index in [0.29, 0.717) is 11.1 Å².